The van der Waals surface area contributed by atoms with Gasteiger partial charge < -0.3 is 23.8 Å². The third-order valence-electron chi connectivity index (χ3n) is 3.29. The van der Waals surface area contributed by atoms with Crippen molar-refractivity contribution in [3.05, 3.63) is 5.82 Å². The van der Waals surface area contributed by atoms with Crippen LogP contribution in [0.25, 0.3) is 0 Å². The Morgan fingerprint density at radius 2 is 1.52 bits per heavy atom. The van der Waals surface area contributed by atoms with Crippen molar-refractivity contribution in [1.29, 1.82) is 0 Å². The second-order valence-corrected chi connectivity index (χ2v) is 5.53. The highest BCUT2D eigenvalue weighted by atomic mass is 16.7. The molecule has 1 aromatic heterocycles. The van der Waals surface area contributed by atoms with E-state index in [1.807, 2.05) is 0 Å². The number of aromatic nitrogens is 4. The molecule has 1 aliphatic rings. The van der Waals surface area contributed by atoms with Crippen molar-refractivity contribution >= 4 is 23.9 Å². The van der Waals surface area contributed by atoms with E-state index in [0.29, 0.717) is 0 Å². The van der Waals surface area contributed by atoms with Crippen LogP contribution in [-0.4, -0.2) is 69.2 Å². The molecule has 0 unspecified atom stereocenters. The van der Waals surface area contributed by atoms with Crippen LogP contribution in [0.5, 0.6) is 0 Å². The maximum Gasteiger partial charge on any atom is 0.303 e. The Morgan fingerprint density at radius 3 is 2.07 bits per heavy atom. The molecule has 0 saturated carbocycles. The van der Waals surface area contributed by atoms with Crippen LogP contribution in [0.15, 0.2) is 0 Å². The van der Waals surface area contributed by atoms with Gasteiger partial charge in [0.25, 0.3) is 0 Å². The molecule has 0 radical (unpaired) electrons. The molecule has 13 nitrogen and oxygen atoms in total. The topological polar surface area (TPSA) is 158 Å². The van der Waals surface area contributed by atoms with Crippen molar-refractivity contribution in [3.63, 3.8) is 0 Å². The minimum Gasteiger partial charge on any atom is -0.462 e. The molecule has 0 aliphatic carbocycles. The van der Waals surface area contributed by atoms with Crippen LogP contribution in [-0.2, 0) is 38.1 Å². The maximum atomic E-state index is 11.6. The third-order valence-corrected chi connectivity index (χ3v) is 3.29. The SMILES string of the molecule is CC(=O)OC[C@H]1On2nnnc2[C@H](OC(C)=O)[C@@H](OC(C)=O)[C@@H]1OC(C)=O. The Morgan fingerprint density at radius 1 is 0.926 bits per heavy atom. The predicted molar refractivity (Wildman–Crippen MR) is 80.4 cm³/mol. The highest BCUT2D eigenvalue weighted by Gasteiger charge is 2.49. The molecule has 0 saturated heterocycles. The van der Waals surface area contributed by atoms with Crippen LogP contribution in [0.2, 0.25) is 0 Å². The lowest BCUT2D eigenvalue weighted by Gasteiger charge is -2.31. The summed E-state index contributed by atoms with van der Waals surface area (Å²) in [5.74, 6) is -2.95. The van der Waals surface area contributed by atoms with Gasteiger partial charge in [-0.3, -0.25) is 19.2 Å². The van der Waals surface area contributed by atoms with E-state index in [1.54, 1.807) is 0 Å². The second-order valence-electron chi connectivity index (χ2n) is 5.53. The first-order valence-corrected chi connectivity index (χ1v) is 7.79. The Balaban J connectivity index is 2.51. The van der Waals surface area contributed by atoms with Crippen molar-refractivity contribution in [1.82, 2.24) is 20.4 Å². The molecule has 2 rings (SSSR count). The van der Waals surface area contributed by atoms with Crippen LogP contribution in [0, 0.1) is 0 Å². The molecule has 27 heavy (non-hydrogen) atoms. The first-order valence-electron chi connectivity index (χ1n) is 7.79. The van der Waals surface area contributed by atoms with Gasteiger partial charge in [-0.25, -0.2) is 0 Å². The number of tetrazole rings is 1. The lowest BCUT2D eigenvalue weighted by Crippen LogP contribution is -2.50. The summed E-state index contributed by atoms with van der Waals surface area (Å²) in [6, 6.07) is 0. The molecule has 13 heteroatoms. The third kappa shape index (κ3) is 5.12. The summed E-state index contributed by atoms with van der Waals surface area (Å²) in [5, 5.41) is 10.7. The smallest absolute Gasteiger partial charge is 0.303 e. The number of fused-ring (bicyclic) bond motifs is 1. The van der Waals surface area contributed by atoms with Gasteiger partial charge in [0.2, 0.25) is 18.0 Å². The highest BCUT2D eigenvalue weighted by molar-refractivity contribution is 5.68. The first kappa shape index (κ1) is 20.1. The number of carbonyl (C=O) groups is 4. The van der Waals surface area contributed by atoms with Gasteiger partial charge in [0.15, 0.2) is 12.2 Å². The van der Waals surface area contributed by atoms with Gasteiger partial charge in [0, 0.05) is 27.7 Å². The van der Waals surface area contributed by atoms with Gasteiger partial charge in [-0.1, -0.05) is 4.85 Å². The van der Waals surface area contributed by atoms with E-state index in [9.17, 15) is 19.2 Å². The summed E-state index contributed by atoms with van der Waals surface area (Å²) in [7, 11) is 0. The zero-order chi connectivity index (χ0) is 20.1. The Hall–Kier alpha value is -3.25. The van der Waals surface area contributed by atoms with E-state index in [2.05, 4.69) is 15.5 Å². The van der Waals surface area contributed by atoms with Gasteiger partial charge in [0.1, 0.15) is 6.61 Å². The summed E-state index contributed by atoms with van der Waals surface area (Å²) in [6.45, 7) is 4.16. The molecule has 4 atom stereocenters. The number of ether oxygens (including phenoxy) is 4. The Bertz CT molecular complexity index is 734. The molecular formula is C14H18N4O9. The van der Waals surface area contributed by atoms with Crippen molar-refractivity contribution in [2.24, 2.45) is 0 Å². The fourth-order valence-corrected chi connectivity index (χ4v) is 2.42. The number of rotatable bonds is 5. The quantitative estimate of drug-likeness (QED) is 0.427. The monoisotopic (exact) mass is 386 g/mol. The van der Waals surface area contributed by atoms with E-state index in [0.717, 1.165) is 25.6 Å². The average Bonchev–Trinajstić information content (AvgIpc) is 2.96. The summed E-state index contributed by atoms with van der Waals surface area (Å²) in [5.41, 5.74) is 0. The molecule has 0 spiro atoms. The first-order chi connectivity index (χ1) is 12.7. The summed E-state index contributed by atoms with van der Waals surface area (Å²) in [6.07, 6.45) is -5.17. The average molecular weight is 386 g/mol. The van der Waals surface area contributed by atoms with E-state index in [4.69, 9.17) is 23.8 Å². The highest BCUT2D eigenvalue weighted by Crippen LogP contribution is 2.30. The van der Waals surface area contributed by atoms with Crippen molar-refractivity contribution in [2.45, 2.75) is 52.1 Å². The molecular weight excluding hydrogens is 368 g/mol. The number of hydrogen-bond acceptors (Lipinski definition) is 12. The minimum absolute atomic E-state index is 0.112. The molecule has 1 aliphatic heterocycles. The van der Waals surface area contributed by atoms with E-state index in [1.165, 1.54) is 6.92 Å². The number of hydrogen-bond donors (Lipinski definition) is 0. The minimum atomic E-state index is -1.36. The van der Waals surface area contributed by atoms with Crippen LogP contribution in [0.3, 0.4) is 0 Å². The van der Waals surface area contributed by atoms with Gasteiger partial charge >= 0.3 is 23.9 Å². The van der Waals surface area contributed by atoms with E-state index in [-0.39, 0.29) is 12.4 Å². The lowest BCUT2D eigenvalue weighted by atomic mass is 10.0. The van der Waals surface area contributed by atoms with Crippen molar-refractivity contribution < 1.29 is 43.0 Å². The Labute approximate surface area is 152 Å². The molecule has 1 aromatic rings. The maximum absolute atomic E-state index is 11.6. The molecule has 0 N–H and O–H groups in total. The zero-order valence-corrected chi connectivity index (χ0v) is 15.0. The second kappa shape index (κ2) is 8.42. The van der Waals surface area contributed by atoms with Gasteiger partial charge in [-0.2, -0.15) is 0 Å². The number of esters is 4. The van der Waals surface area contributed by atoms with Crippen LogP contribution >= 0.6 is 0 Å². The van der Waals surface area contributed by atoms with Gasteiger partial charge in [-0.05, 0) is 10.4 Å². The summed E-state index contributed by atoms with van der Waals surface area (Å²) >= 11 is 0. The van der Waals surface area contributed by atoms with Gasteiger partial charge in [-0.15, -0.1) is 5.10 Å². The summed E-state index contributed by atoms with van der Waals surface area (Å²) in [4.78, 5) is 52.3. The molecule has 0 amide bonds. The Kier molecular flexibility index (Phi) is 6.26. The standard InChI is InChI=1S/C14H18N4O9/c1-6(19)23-5-10-11(24-7(2)20)12(25-8(3)21)13(26-9(4)22)14-15-16-17-18(14)27-10/h10-13H,5H2,1-4H3/t10-,11-,12+,13-/m1/s1. The fraction of sp³-hybridized carbons (Fsp3) is 0.643. The fourth-order valence-electron chi connectivity index (χ4n) is 2.42. The molecule has 0 fully saturated rings. The van der Waals surface area contributed by atoms with Crippen LogP contribution in [0.1, 0.15) is 39.6 Å². The van der Waals surface area contributed by atoms with Crippen LogP contribution < -0.4 is 4.84 Å². The van der Waals surface area contributed by atoms with E-state index < -0.39 is 48.3 Å². The van der Waals surface area contributed by atoms with Crippen molar-refractivity contribution in [2.75, 3.05) is 6.61 Å². The van der Waals surface area contributed by atoms with Gasteiger partial charge in [0.05, 0.1) is 0 Å². The summed E-state index contributed by atoms with van der Waals surface area (Å²) < 4.78 is 20.6. The molecule has 0 bridgehead atoms. The zero-order valence-electron chi connectivity index (χ0n) is 15.0. The largest absolute Gasteiger partial charge is 0.462 e. The molecule has 148 valence electrons. The predicted octanol–water partition coefficient (Wildman–Crippen LogP) is -1.49. The normalized spacial score (nSPS) is 23.9. The van der Waals surface area contributed by atoms with Crippen molar-refractivity contribution in [3.8, 4) is 0 Å². The number of carbonyl (C=O) groups excluding carboxylic acids is 4. The van der Waals surface area contributed by atoms with Crippen LogP contribution in [0.4, 0.5) is 0 Å². The van der Waals surface area contributed by atoms with E-state index >= 15 is 0 Å². The molecule has 2 heterocycles. The molecule has 0 aromatic carbocycles. The lowest BCUT2D eigenvalue weighted by molar-refractivity contribution is -0.195. The number of nitrogens with zero attached hydrogens (tertiary/aromatic N) is 4.